The Morgan fingerprint density at radius 1 is 1.06 bits per heavy atom. The first-order valence-corrected chi connectivity index (χ1v) is 6.20. The molecule has 1 aromatic heterocycles. The van der Waals surface area contributed by atoms with Gasteiger partial charge >= 0.3 is 0 Å². The van der Waals surface area contributed by atoms with Gasteiger partial charge in [0.05, 0.1) is 12.0 Å². The molecule has 1 N–H and O–H groups in total. The van der Waals surface area contributed by atoms with Crippen LogP contribution in [0.2, 0.25) is 0 Å². The van der Waals surface area contributed by atoms with Gasteiger partial charge in [-0.1, -0.05) is 54.7 Å². The number of nitrogens with zero attached hydrogens (tertiary/aromatic N) is 1. The van der Waals surface area contributed by atoms with E-state index in [4.69, 9.17) is 12.2 Å². The fourth-order valence-corrected chi connectivity index (χ4v) is 2.35. The van der Waals surface area contributed by atoms with E-state index in [9.17, 15) is 0 Å². The van der Waals surface area contributed by atoms with E-state index in [0.717, 1.165) is 11.3 Å². The zero-order chi connectivity index (χ0) is 12.5. The summed E-state index contributed by atoms with van der Waals surface area (Å²) in [6.45, 7) is 2.00. The molecule has 0 aliphatic carbocycles. The van der Waals surface area contributed by atoms with Crippen molar-refractivity contribution in [1.29, 1.82) is 0 Å². The molecule has 0 aliphatic heterocycles. The Balaban J connectivity index is 2.39. The number of rotatable bonds is 1. The molecule has 3 aromatic rings. The average molecular weight is 252 g/mol. The molecular formula is C15H12N2S. The van der Waals surface area contributed by atoms with Crippen LogP contribution < -0.4 is 0 Å². The SMILES string of the molecule is Cc1c(-c2cccc3ccccc23)[nH]cnc1=S. The zero-order valence-electron chi connectivity index (χ0n) is 9.97. The Morgan fingerprint density at radius 2 is 1.83 bits per heavy atom. The van der Waals surface area contributed by atoms with Gasteiger partial charge in [-0.15, -0.1) is 0 Å². The van der Waals surface area contributed by atoms with Crippen LogP contribution in [0.4, 0.5) is 0 Å². The fraction of sp³-hybridized carbons (Fsp3) is 0.0667. The Labute approximate surface area is 110 Å². The molecule has 3 rings (SSSR count). The van der Waals surface area contributed by atoms with E-state index in [1.165, 1.54) is 16.3 Å². The predicted molar refractivity (Wildman–Crippen MR) is 77.1 cm³/mol. The van der Waals surface area contributed by atoms with E-state index in [1.54, 1.807) is 6.33 Å². The molecule has 2 aromatic carbocycles. The van der Waals surface area contributed by atoms with Crippen LogP contribution in [0.15, 0.2) is 48.8 Å². The van der Waals surface area contributed by atoms with E-state index >= 15 is 0 Å². The van der Waals surface area contributed by atoms with Crippen LogP contribution in [-0.2, 0) is 0 Å². The van der Waals surface area contributed by atoms with Gasteiger partial charge in [0, 0.05) is 11.1 Å². The highest BCUT2D eigenvalue weighted by Gasteiger charge is 2.07. The van der Waals surface area contributed by atoms with Crippen molar-refractivity contribution in [3.05, 3.63) is 59.0 Å². The molecule has 0 spiro atoms. The van der Waals surface area contributed by atoms with E-state index in [0.29, 0.717) is 4.64 Å². The lowest BCUT2D eigenvalue weighted by Crippen LogP contribution is -1.92. The molecule has 3 heteroatoms. The maximum atomic E-state index is 5.23. The second-order valence-corrected chi connectivity index (χ2v) is 4.62. The normalized spacial score (nSPS) is 10.7. The van der Waals surface area contributed by atoms with Crippen LogP contribution in [0, 0.1) is 11.6 Å². The molecule has 0 bridgehead atoms. The number of H-pyrrole nitrogens is 1. The molecule has 0 unspecified atom stereocenters. The third-order valence-corrected chi connectivity index (χ3v) is 3.56. The fourth-order valence-electron chi connectivity index (χ4n) is 2.19. The number of hydrogen-bond acceptors (Lipinski definition) is 2. The maximum Gasteiger partial charge on any atom is 0.132 e. The molecule has 0 saturated carbocycles. The first-order chi connectivity index (χ1) is 8.77. The van der Waals surface area contributed by atoms with Crippen LogP contribution in [0.25, 0.3) is 22.0 Å². The third-order valence-electron chi connectivity index (χ3n) is 3.15. The van der Waals surface area contributed by atoms with Crippen molar-refractivity contribution in [1.82, 2.24) is 9.97 Å². The number of benzene rings is 2. The lowest BCUT2D eigenvalue weighted by molar-refractivity contribution is 1.12. The van der Waals surface area contributed by atoms with Crippen molar-refractivity contribution in [2.75, 3.05) is 0 Å². The van der Waals surface area contributed by atoms with Crippen molar-refractivity contribution in [3.63, 3.8) is 0 Å². The van der Waals surface area contributed by atoms with Gasteiger partial charge in [-0.2, -0.15) is 0 Å². The number of fused-ring (bicyclic) bond motifs is 1. The van der Waals surface area contributed by atoms with Crippen LogP contribution >= 0.6 is 12.2 Å². The van der Waals surface area contributed by atoms with Crippen LogP contribution in [0.5, 0.6) is 0 Å². The third kappa shape index (κ3) is 1.73. The first kappa shape index (κ1) is 11.1. The molecule has 0 fully saturated rings. The molecule has 0 radical (unpaired) electrons. The molecule has 0 amide bonds. The predicted octanol–water partition coefficient (Wildman–Crippen LogP) is 4.27. The quantitative estimate of drug-likeness (QED) is 0.655. The summed E-state index contributed by atoms with van der Waals surface area (Å²) in [6.07, 6.45) is 1.66. The highest BCUT2D eigenvalue weighted by Crippen LogP contribution is 2.28. The Bertz CT molecular complexity index is 769. The van der Waals surface area contributed by atoms with E-state index in [-0.39, 0.29) is 0 Å². The number of aromatic amines is 1. The summed E-state index contributed by atoms with van der Waals surface area (Å²) in [5, 5.41) is 2.45. The molecule has 18 heavy (non-hydrogen) atoms. The summed E-state index contributed by atoms with van der Waals surface area (Å²) in [7, 11) is 0. The zero-order valence-corrected chi connectivity index (χ0v) is 10.8. The largest absolute Gasteiger partial charge is 0.346 e. The molecule has 88 valence electrons. The minimum atomic E-state index is 0.650. The minimum absolute atomic E-state index is 0.650. The lowest BCUT2D eigenvalue weighted by Gasteiger charge is -2.09. The monoisotopic (exact) mass is 252 g/mol. The number of hydrogen-bond donors (Lipinski definition) is 1. The van der Waals surface area contributed by atoms with E-state index in [1.807, 2.05) is 13.0 Å². The molecule has 0 atom stereocenters. The second kappa shape index (κ2) is 4.35. The Kier molecular flexibility index (Phi) is 2.68. The molecule has 1 heterocycles. The molecule has 0 aliphatic rings. The molecular weight excluding hydrogens is 240 g/mol. The second-order valence-electron chi connectivity index (χ2n) is 4.23. The number of aromatic nitrogens is 2. The van der Waals surface area contributed by atoms with Crippen molar-refractivity contribution in [2.45, 2.75) is 6.92 Å². The highest BCUT2D eigenvalue weighted by molar-refractivity contribution is 7.71. The average Bonchev–Trinajstić information content (AvgIpc) is 2.41. The van der Waals surface area contributed by atoms with Crippen molar-refractivity contribution in [2.24, 2.45) is 0 Å². The van der Waals surface area contributed by atoms with Gasteiger partial charge in [0.15, 0.2) is 0 Å². The Morgan fingerprint density at radius 3 is 2.72 bits per heavy atom. The standard InChI is InChI=1S/C15H12N2S/c1-10-14(16-9-17-15(10)18)13-8-4-6-11-5-2-3-7-12(11)13/h2-9H,1H3,(H,16,17,18). The van der Waals surface area contributed by atoms with Gasteiger partial charge < -0.3 is 4.98 Å². The van der Waals surface area contributed by atoms with Crippen molar-refractivity contribution < 1.29 is 0 Å². The first-order valence-electron chi connectivity index (χ1n) is 5.80. The van der Waals surface area contributed by atoms with Crippen molar-refractivity contribution in [3.8, 4) is 11.3 Å². The minimum Gasteiger partial charge on any atom is -0.346 e. The van der Waals surface area contributed by atoms with Gasteiger partial charge in [-0.05, 0) is 17.7 Å². The smallest absolute Gasteiger partial charge is 0.132 e. The van der Waals surface area contributed by atoms with E-state index < -0.39 is 0 Å². The van der Waals surface area contributed by atoms with E-state index in [2.05, 4.69) is 46.4 Å². The maximum absolute atomic E-state index is 5.23. The van der Waals surface area contributed by atoms with Gasteiger partial charge in [-0.3, -0.25) is 0 Å². The highest BCUT2D eigenvalue weighted by atomic mass is 32.1. The Hall–Kier alpha value is -2.00. The topological polar surface area (TPSA) is 28.7 Å². The van der Waals surface area contributed by atoms with Crippen LogP contribution in [-0.4, -0.2) is 9.97 Å². The molecule has 0 saturated heterocycles. The summed E-state index contributed by atoms with van der Waals surface area (Å²) in [4.78, 5) is 7.31. The van der Waals surface area contributed by atoms with Crippen LogP contribution in [0.1, 0.15) is 5.56 Å². The van der Waals surface area contributed by atoms with Gasteiger partial charge in [0.25, 0.3) is 0 Å². The lowest BCUT2D eigenvalue weighted by atomic mass is 10.00. The number of nitrogens with one attached hydrogen (secondary N) is 1. The van der Waals surface area contributed by atoms with Gasteiger partial charge in [0.1, 0.15) is 4.64 Å². The van der Waals surface area contributed by atoms with Gasteiger partial charge in [0.2, 0.25) is 0 Å². The summed E-state index contributed by atoms with van der Waals surface area (Å²) >= 11 is 5.23. The van der Waals surface area contributed by atoms with Gasteiger partial charge in [-0.25, -0.2) is 4.98 Å². The summed E-state index contributed by atoms with van der Waals surface area (Å²) < 4.78 is 0.650. The van der Waals surface area contributed by atoms with Crippen molar-refractivity contribution >= 4 is 23.0 Å². The molecule has 2 nitrogen and oxygen atoms in total. The summed E-state index contributed by atoms with van der Waals surface area (Å²) in [6, 6.07) is 14.6. The van der Waals surface area contributed by atoms with Crippen LogP contribution in [0.3, 0.4) is 0 Å². The summed E-state index contributed by atoms with van der Waals surface area (Å²) in [5.41, 5.74) is 3.23. The summed E-state index contributed by atoms with van der Waals surface area (Å²) in [5.74, 6) is 0.